The Morgan fingerprint density at radius 1 is 1.31 bits per heavy atom. The predicted molar refractivity (Wildman–Crippen MR) is 126 cm³/mol. The van der Waals surface area contributed by atoms with Crippen molar-refractivity contribution in [3.63, 3.8) is 0 Å². The fraction of sp³-hybridized carbons (Fsp3) is 0.318. The highest BCUT2D eigenvalue weighted by atomic mass is 32.1. The molecule has 1 amide bonds. The Bertz CT molecular complexity index is 1410. The van der Waals surface area contributed by atoms with Gasteiger partial charge in [0.05, 0.1) is 23.1 Å². The van der Waals surface area contributed by atoms with E-state index in [-0.39, 0.29) is 12.1 Å². The summed E-state index contributed by atoms with van der Waals surface area (Å²) in [7, 11) is 3.41. The molecule has 0 aromatic carbocycles. The molecule has 0 radical (unpaired) electrons. The second-order valence-corrected chi connectivity index (χ2v) is 9.39. The summed E-state index contributed by atoms with van der Waals surface area (Å²) in [5.74, 6) is 0.423. The molecule has 0 spiro atoms. The average Bonchev–Trinajstić information content (AvgIpc) is 3.27. The van der Waals surface area contributed by atoms with Crippen LogP contribution < -0.4 is 10.5 Å². The largest absolute Gasteiger partial charge is 0.443 e. The molecule has 166 valence electrons. The van der Waals surface area contributed by atoms with Gasteiger partial charge in [0.25, 0.3) is 5.56 Å². The second-order valence-electron chi connectivity index (χ2n) is 8.36. The molecule has 4 aromatic rings. The van der Waals surface area contributed by atoms with Crippen LogP contribution in [0.25, 0.3) is 27.3 Å². The highest BCUT2D eigenvalue weighted by molar-refractivity contribution is 7.20. The number of pyridine rings is 1. The first-order valence-electron chi connectivity index (χ1n) is 9.99. The zero-order valence-electron chi connectivity index (χ0n) is 18.6. The Balaban J connectivity index is 1.67. The minimum atomic E-state index is -0.611. The molecule has 0 unspecified atom stereocenters. The van der Waals surface area contributed by atoms with Gasteiger partial charge in [-0.05, 0) is 39.0 Å². The van der Waals surface area contributed by atoms with E-state index in [0.717, 1.165) is 20.7 Å². The van der Waals surface area contributed by atoms with Gasteiger partial charge in [-0.15, -0.1) is 11.3 Å². The fourth-order valence-corrected chi connectivity index (χ4v) is 4.28. The standard InChI is InChI=1S/C22H24N6O3S/c1-7-16-25-19-18(32-16)14-11-23-28(20(29)17(14)27(19)6)12-13-9-8-10-15(24-13)26(5)21(30)31-22(2,3)4/h7-11H,1,12H2,2-6H3. The Kier molecular flexibility index (Phi) is 5.33. The first-order valence-corrected chi connectivity index (χ1v) is 10.8. The first-order chi connectivity index (χ1) is 15.1. The number of carbonyl (C=O) groups excluding carboxylic acids is 1. The van der Waals surface area contributed by atoms with Gasteiger partial charge >= 0.3 is 6.09 Å². The topological polar surface area (TPSA) is 95.1 Å². The van der Waals surface area contributed by atoms with E-state index in [0.29, 0.717) is 17.0 Å². The van der Waals surface area contributed by atoms with Crippen LogP contribution in [-0.4, -0.2) is 43.1 Å². The third-order valence-corrected chi connectivity index (χ3v) is 5.91. The molecule has 0 saturated carbocycles. The Morgan fingerprint density at radius 2 is 2.06 bits per heavy atom. The van der Waals surface area contributed by atoms with Crippen LogP contribution in [-0.2, 0) is 18.3 Å². The van der Waals surface area contributed by atoms with E-state index < -0.39 is 11.7 Å². The van der Waals surface area contributed by atoms with Crippen LogP contribution in [0.5, 0.6) is 0 Å². The molecule has 0 aliphatic rings. The van der Waals surface area contributed by atoms with Crippen molar-refractivity contribution < 1.29 is 9.53 Å². The lowest BCUT2D eigenvalue weighted by Gasteiger charge is -2.24. The van der Waals surface area contributed by atoms with E-state index in [1.165, 1.54) is 20.9 Å². The summed E-state index contributed by atoms with van der Waals surface area (Å²) in [5.41, 5.74) is 1.01. The summed E-state index contributed by atoms with van der Waals surface area (Å²) >= 11 is 1.48. The maximum atomic E-state index is 13.2. The number of carbonyl (C=O) groups is 1. The summed E-state index contributed by atoms with van der Waals surface area (Å²) in [4.78, 5) is 35.9. The average molecular weight is 453 g/mol. The van der Waals surface area contributed by atoms with Crippen molar-refractivity contribution in [2.45, 2.75) is 32.9 Å². The maximum absolute atomic E-state index is 13.2. The molecule has 0 aliphatic heterocycles. The summed E-state index contributed by atoms with van der Waals surface area (Å²) < 4.78 is 9.45. The molecule has 10 heteroatoms. The molecule has 0 fully saturated rings. The highest BCUT2D eigenvalue weighted by Gasteiger charge is 2.22. The molecule has 4 rings (SSSR count). The third-order valence-electron chi connectivity index (χ3n) is 4.83. The van der Waals surface area contributed by atoms with E-state index >= 15 is 0 Å². The third kappa shape index (κ3) is 3.89. The molecular weight excluding hydrogens is 428 g/mol. The van der Waals surface area contributed by atoms with Gasteiger partial charge in [-0.3, -0.25) is 9.69 Å². The van der Waals surface area contributed by atoms with Crippen molar-refractivity contribution >= 4 is 50.6 Å². The Labute approximate surface area is 188 Å². The number of thiazole rings is 1. The predicted octanol–water partition coefficient (Wildman–Crippen LogP) is 3.80. The number of ether oxygens (including phenoxy) is 1. The van der Waals surface area contributed by atoms with Gasteiger partial charge in [0, 0.05) is 19.5 Å². The lowest BCUT2D eigenvalue weighted by Crippen LogP contribution is -2.34. The minimum Gasteiger partial charge on any atom is -0.443 e. The molecular formula is C22H24N6O3S. The number of nitrogens with zero attached hydrogens (tertiary/aromatic N) is 6. The summed E-state index contributed by atoms with van der Waals surface area (Å²) in [6, 6.07) is 5.27. The zero-order valence-corrected chi connectivity index (χ0v) is 19.4. The van der Waals surface area contributed by atoms with Gasteiger partial charge in [0.1, 0.15) is 21.9 Å². The Morgan fingerprint density at radius 3 is 2.75 bits per heavy atom. The van der Waals surface area contributed by atoms with E-state index in [1.54, 1.807) is 62.9 Å². The van der Waals surface area contributed by atoms with Crippen LogP contribution in [0, 0.1) is 0 Å². The number of rotatable bonds is 4. The second kappa shape index (κ2) is 7.86. The lowest BCUT2D eigenvalue weighted by atomic mass is 10.2. The molecule has 0 aliphatic carbocycles. The van der Waals surface area contributed by atoms with Gasteiger partial charge < -0.3 is 9.30 Å². The van der Waals surface area contributed by atoms with E-state index in [9.17, 15) is 9.59 Å². The van der Waals surface area contributed by atoms with Crippen molar-refractivity contribution in [2.75, 3.05) is 11.9 Å². The minimum absolute atomic E-state index is 0.162. The molecule has 32 heavy (non-hydrogen) atoms. The molecule has 0 bridgehead atoms. The summed E-state index contributed by atoms with van der Waals surface area (Å²) in [6.45, 7) is 9.33. The van der Waals surface area contributed by atoms with Crippen LogP contribution in [0.15, 0.2) is 35.8 Å². The lowest BCUT2D eigenvalue weighted by molar-refractivity contribution is 0.0588. The van der Waals surface area contributed by atoms with Gasteiger partial charge in [-0.25, -0.2) is 19.4 Å². The number of hydrogen-bond acceptors (Lipinski definition) is 7. The molecule has 4 aromatic heterocycles. The van der Waals surface area contributed by atoms with Crippen LogP contribution in [0.1, 0.15) is 31.5 Å². The molecule has 0 atom stereocenters. The first kappa shape index (κ1) is 21.7. The molecule has 0 saturated heterocycles. The summed E-state index contributed by atoms with van der Waals surface area (Å²) in [6.07, 6.45) is 2.87. The number of hydrogen-bond donors (Lipinski definition) is 0. The number of amides is 1. The normalized spacial score (nSPS) is 11.8. The van der Waals surface area contributed by atoms with E-state index in [1.807, 2.05) is 7.05 Å². The number of aromatic nitrogens is 5. The molecule has 9 nitrogen and oxygen atoms in total. The number of aryl methyl sites for hydroxylation is 1. The highest BCUT2D eigenvalue weighted by Crippen LogP contribution is 2.31. The fourth-order valence-electron chi connectivity index (χ4n) is 3.32. The van der Waals surface area contributed by atoms with Crippen molar-refractivity contribution in [2.24, 2.45) is 7.05 Å². The van der Waals surface area contributed by atoms with Gasteiger partial charge in [-0.1, -0.05) is 12.6 Å². The van der Waals surface area contributed by atoms with Crippen LogP contribution in [0.4, 0.5) is 10.6 Å². The smallest absolute Gasteiger partial charge is 0.415 e. The van der Waals surface area contributed by atoms with Gasteiger partial charge in [-0.2, -0.15) is 5.10 Å². The number of anilines is 1. The SMILES string of the molecule is C=Cc1nc2c(s1)c1cnn(Cc3cccc(N(C)C(=O)OC(C)(C)C)n3)c(=O)c1n2C. The summed E-state index contributed by atoms with van der Waals surface area (Å²) in [5, 5.41) is 5.92. The van der Waals surface area contributed by atoms with Crippen molar-refractivity contribution in [1.82, 2.24) is 24.3 Å². The van der Waals surface area contributed by atoms with E-state index in [4.69, 9.17) is 4.74 Å². The molecule has 0 N–H and O–H groups in total. The monoisotopic (exact) mass is 452 g/mol. The van der Waals surface area contributed by atoms with Crippen LogP contribution in [0.2, 0.25) is 0 Å². The van der Waals surface area contributed by atoms with Gasteiger partial charge in [0.15, 0.2) is 5.65 Å². The zero-order chi connectivity index (χ0) is 23.2. The van der Waals surface area contributed by atoms with Gasteiger partial charge in [0.2, 0.25) is 0 Å². The maximum Gasteiger partial charge on any atom is 0.415 e. The van der Waals surface area contributed by atoms with E-state index in [2.05, 4.69) is 21.6 Å². The van der Waals surface area contributed by atoms with Crippen LogP contribution in [0.3, 0.4) is 0 Å². The quantitative estimate of drug-likeness (QED) is 0.467. The van der Waals surface area contributed by atoms with Crippen molar-refractivity contribution in [1.29, 1.82) is 0 Å². The molecule has 4 heterocycles. The van der Waals surface area contributed by atoms with Crippen LogP contribution >= 0.6 is 11.3 Å². The van der Waals surface area contributed by atoms with Crippen molar-refractivity contribution in [3.8, 4) is 0 Å². The Hall–Kier alpha value is -3.53. The number of fused-ring (bicyclic) bond motifs is 3. The van der Waals surface area contributed by atoms with Crippen molar-refractivity contribution in [3.05, 3.63) is 52.0 Å².